The van der Waals surface area contributed by atoms with Crippen LogP contribution in [0.3, 0.4) is 0 Å². The number of hydrogen-bond acceptors (Lipinski definition) is 5. The van der Waals surface area contributed by atoms with Crippen molar-refractivity contribution in [2.24, 2.45) is 5.73 Å². The molecule has 0 aliphatic heterocycles. The summed E-state index contributed by atoms with van der Waals surface area (Å²) in [6.07, 6.45) is 56.7. The van der Waals surface area contributed by atoms with E-state index >= 15 is 0 Å². The molecule has 0 saturated carbocycles. The molecule has 1 amide bonds. The zero-order valence-corrected chi connectivity index (χ0v) is 39.8. The molecule has 0 radical (unpaired) electrons. The van der Waals surface area contributed by atoms with Gasteiger partial charge >= 0.3 is 11.9 Å². The second kappa shape index (κ2) is 47.9. The Hall–Kier alpha value is -2.15. The number of carbonyl (C=O) groups excluding carboxylic acids is 2. The van der Waals surface area contributed by atoms with Crippen molar-refractivity contribution in [2.75, 3.05) is 6.54 Å². The van der Waals surface area contributed by atoms with Crippen molar-refractivity contribution in [3.05, 3.63) is 24.3 Å². The van der Waals surface area contributed by atoms with Crippen LogP contribution in [0.1, 0.15) is 277 Å². The van der Waals surface area contributed by atoms with Gasteiger partial charge in [-0.15, -0.1) is 0 Å². The van der Waals surface area contributed by atoms with E-state index in [1.165, 1.54) is 167 Å². The molecule has 4 N–H and O–H groups in total. The zero-order valence-electron chi connectivity index (χ0n) is 39.8. The topological polar surface area (TPSA) is 119 Å². The van der Waals surface area contributed by atoms with Crippen molar-refractivity contribution < 1.29 is 24.2 Å². The molecule has 0 bridgehead atoms. The van der Waals surface area contributed by atoms with Gasteiger partial charge in [-0.25, -0.2) is 4.79 Å². The molecule has 352 valence electrons. The standard InChI is InChI=1S/C53H100N2O5/c1-3-5-7-9-11-13-15-16-17-18-19-20-21-22-23-24-25-26-28-30-32-37-41-47-52(57)60-49(43-38-34-31-29-27-14-12-10-8-6-4-2)44-39-35-33-36-40-46-51(56)55-50(53(58)59)45-42-48-54/h15-16,18-19,49-50H,3-14,17,20-48,54H2,1-2H3,(H,55,56)(H,58,59)/b16-15-,19-18-. The first-order valence-corrected chi connectivity index (χ1v) is 26.2. The van der Waals surface area contributed by atoms with E-state index in [4.69, 9.17) is 10.5 Å². The maximum atomic E-state index is 12.9. The molecule has 60 heavy (non-hydrogen) atoms. The van der Waals surface area contributed by atoms with Gasteiger partial charge in [-0.3, -0.25) is 9.59 Å². The fraction of sp³-hybridized carbons (Fsp3) is 0.868. The summed E-state index contributed by atoms with van der Waals surface area (Å²) in [5.41, 5.74) is 5.50. The summed E-state index contributed by atoms with van der Waals surface area (Å²) in [6, 6.07) is -0.855. The molecule has 0 aromatic rings. The number of rotatable bonds is 48. The van der Waals surface area contributed by atoms with Crippen LogP contribution in [-0.2, 0) is 19.1 Å². The van der Waals surface area contributed by atoms with E-state index in [1.54, 1.807) is 0 Å². The van der Waals surface area contributed by atoms with Gasteiger partial charge in [0.05, 0.1) is 0 Å². The average molecular weight is 845 g/mol. The smallest absolute Gasteiger partial charge is 0.326 e. The number of aliphatic carboxylic acids is 1. The maximum absolute atomic E-state index is 12.9. The highest BCUT2D eigenvalue weighted by molar-refractivity contribution is 5.83. The predicted molar refractivity (Wildman–Crippen MR) is 257 cm³/mol. The third kappa shape index (κ3) is 43.9. The Balaban J connectivity index is 4.14. The number of ether oxygens (including phenoxy) is 1. The minimum atomic E-state index is -1.00. The molecular weight excluding hydrogens is 745 g/mol. The molecule has 2 unspecified atom stereocenters. The number of carbonyl (C=O) groups is 3. The fourth-order valence-electron chi connectivity index (χ4n) is 8.07. The van der Waals surface area contributed by atoms with Crippen LogP contribution >= 0.6 is 0 Å². The summed E-state index contributed by atoms with van der Waals surface area (Å²) in [7, 11) is 0. The number of nitrogens with one attached hydrogen (secondary N) is 1. The lowest BCUT2D eigenvalue weighted by Gasteiger charge is -2.18. The Morgan fingerprint density at radius 3 is 1.28 bits per heavy atom. The predicted octanol–water partition coefficient (Wildman–Crippen LogP) is 15.6. The number of allylic oxidation sites excluding steroid dienone is 4. The fourth-order valence-corrected chi connectivity index (χ4v) is 8.07. The lowest BCUT2D eigenvalue weighted by Crippen LogP contribution is -2.40. The van der Waals surface area contributed by atoms with E-state index in [0.29, 0.717) is 32.2 Å². The molecule has 7 nitrogen and oxygen atoms in total. The molecule has 0 aliphatic rings. The van der Waals surface area contributed by atoms with E-state index in [-0.39, 0.29) is 18.0 Å². The van der Waals surface area contributed by atoms with E-state index < -0.39 is 12.0 Å². The molecule has 0 spiro atoms. The minimum absolute atomic E-state index is 0.0155. The van der Waals surface area contributed by atoms with Crippen LogP contribution in [-0.4, -0.2) is 41.6 Å². The number of nitrogens with two attached hydrogens (primary N) is 1. The molecular formula is C53H100N2O5. The summed E-state index contributed by atoms with van der Waals surface area (Å²) >= 11 is 0. The second-order valence-corrected chi connectivity index (χ2v) is 17.9. The summed E-state index contributed by atoms with van der Waals surface area (Å²) in [4.78, 5) is 36.5. The highest BCUT2D eigenvalue weighted by Crippen LogP contribution is 2.19. The molecule has 0 aliphatic carbocycles. The van der Waals surface area contributed by atoms with Gasteiger partial charge in [-0.1, -0.05) is 205 Å². The maximum Gasteiger partial charge on any atom is 0.326 e. The summed E-state index contributed by atoms with van der Waals surface area (Å²) in [6.45, 7) is 4.96. The second-order valence-electron chi connectivity index (χ2n) is 17.9. The Morgan fingerprint density at radius 1 is 0.483 bits per heavy atom. The molecule has 2 atom stereocenters. The molecule has 0 rings (SSSR count). The molecule has 0 heterocycles. The van der Waals surface area contributed by atoms with Crippen LogP contribution in [0.4, 0.5) is 0 Å². The highest BCUT2D eigenvalue weighted by Gasteiger charge is 2.19. The number of unbranched alkanes of at least 4 members (excludes halogenated alkanes) is 30. The van der Waals surface area contributed by atoms with Crippen molar-refractivity contribution in [2.45, 2.75) is 289 Å². The number of carboxylic acid groups (broad SMARTS) is 1. The first kappa shape index (κ1) is 57.9. The van der Waals surface area contributed by atoms with Gasteiger partial charge in [0.15, 0.2) is 0 Å². The SMILES string of the molecule is CCCCCCC/C=C\C/C=C\CCCCCCCCCCCCCC(=O)OC(CCCCCCCCCCCCC)CCCCCCCC(=O)NC(CCCN)C(=O)O. The third-order valence-corrected chi connectivity index (χ3v) is 12.0. The summed E-state index contributed by atoms with van der Waals surface area (Å²) in [5.74, 6) is -1.22. The first-order valence-electron chi connectivity index (χ1n) is 26.2. The number of esters is 1. The highest BCUT2D eigenvalue weighted by atomic mass is 16.5. The van der Waals surface area contributed by atoms with Crippen molar-refractivity contribution in [1.29, 1.82) is 0 Å². The van der Waals surface area contributed by atoms with Crippen molar-refractivity contribution in [1.82, 2.24) is 5.32 Å². The first-order chi connectivity index (χ1) is 29.4. The van der Waals surface area contributed by atoms with E-state index in [0.717, 1.165) is 70.6 Å². The van der Waals surface area contributed by atoms with Crippen LogP contribution < -0.4 is 11.1 Å². The largest absolute Gasteiger partial charge is 0.480 e. The van der Waals surface area contributed by atoms with Gasteiger partial charge < -0.3 is 20.9 Å². The van der Waals surface area contributed by atoms with Gasteiger partial charge in [-0.2, -0.15) is 0 Å². The summed E-state index contributed by atoms with van der Waals surface area (Å²) in [5, 5.41) is 12.0. The van der Waals surface area contributed by atoms with Crippen molar-refractivity contribution in [3.8, 4) is 0 Å². The van der Waals surface area contributed by atoms with Crippen LogP contribution in [0.5, 0.6) is 0 Å². The van der Waals surface area contributed by atoms with E-state index in [2.05, 4.69) is 43.5 Å². The zero-order chi connectivity index (χ0) is 43.8. The Labute approximate surface area is 372 Å². The average Bonchev–Trinajstić information content (AvgIpc) is 3.23. The molecule has 0 fully saturated rings. The van der Waals surface area contributed by atoms with E-state index in [1.807, 2.05) is 0 Å². The molecule has 7 heteroatoms. The lowest BCUT2D eigenvalue weighted by molar-refractivity contribution is -0.150. The Kier molecular flexibility index (Phi) is 46.2. The number of hydrogen-bond donors (Lipinski definition) is 3. The molecule has 0 aromatic carbocycles. The van der Waals surface area contributed by atoms with Crippen molar-refractivity contribution in [3.63, 3.8) is 0 Å². The van der Waals surface area contributed by atoms with Gasteiger partial charge in [0.1, 0.15) is 12.1 Å². The van der Waals surface area contributed by atoms with Crippen LogP contribution in [0.2, 0.25) is 0 Å². The van der Waals surface area contributed by atoms with E-state index in [9.17, 15) is 19.5 Å². The van der Waals surface area contributed by atoms with Gasteiger partial charge in [0.2, 0.25) is 5.91 Å². The van der Waals surface area contributed by atoms with Crippen molar-refractivity contribution >= 4 is 17.8 Å². The molecule has 0 saturated heterocycles. The number of carboxylic acids is 1. The molecule has 0 aromatic heterocycles. The third-order valence-electron chi connectivity index (χ3n) is 12.0. The van der Waals surface area contributed by atoms with Crippen LogP contribution in [0, 0.1) is 0 Å². The van der Waals surface area contributed by atoms with Gasteiger partial charge in [-0.05, 0) is 90.0 Å². The quantitative estimate of drug-likeness (QED) is 0.0319. The van der Waals surface area contributed by atoms with Crippen LogP contribution in [0.15, 0.2) is 24.3 Å². The summed E-state index contributed by atoms with van der Waals surface area (Å²) < 4.78 is 6.08. The minimum Gasteiger partial charge on any atom is -0.480 e. The normalized spacial score (nSPS) is 12.7. The van der Waals surface area contributed by atoms with Crippen LogP contribution in [0.25, 0.3) is 0 Å². The Morgan fingerprint density at radius 2 is 0.867 bits per heavy atom. The van der Waals surface area contributed by atoms with Gasteiger partial charge in [0, 0.05) is 12.8 Å². The monoisotopic (exact) mass is 845 g/mol. The number of amides is 1. The Bertz CT molecular complexity index is 998. The lowest BCUT2D eigenvalue weighted by atomic mass is 10.0. The van der Waals surface area contributed by atoms with Gasteiger partial charge in [0.25, 0.3) is 0 Å².